The monoisotopic (exact) mass is 353 g/mol. The van der Waals surface area contributed by atoms with E-state index in [-0.39, 0.29) is 0 Å². The zero-order valence-electron chi connectivity index (χ0n) is 11.8. The maximum Gasteiger partial charge on any atom is 0.328 e. The van der Waals surface area contributed by atoms with Gasteiger partial charge in [0.15, 0.2) is 17.6 Å². The molecule has 1 aromatic rings. The molecular formula is C15H16BrNO4. The topological polar surface area (TPSA) is 79.6 Å². The first-order chi connectivity index (χ1) is 10.0. The Labute approximate surface area is 131 Å². The lowest BCUT2D eigenvalue weighted by atomic mass is 10.2. The Morgan fingerprint density at radius 1 is 1.52 bits per heavy atom. The van der Waals surface area contributed by atoms with Crippen molar-refractivity contribution in [3.05, 3.63) is 28.2 Å². The maximum absolute atomic E-state index is 10.6. The van der Waals surface area contributed by atoms with E-state index in [1.165, 1.54) is 6.08 Å². The Bertz CT molecular complexity index is 578. The van der Waals surface area contributed by atoms with Crippen LogP contribution >= 0.6 is 15.9 Å². The van der Waals surface area contributed by atoms with Crippen molar-refractivity contribution in [3.8, 4) is 17.6 Å². The van der Waals surface area contributed by atoms with Gasteiger partial charge in [-0.1, -0.05) is 6.92 Å². The maximum atomic E-state index is 10.6. The molecule has 0 heterocycles. The van der Waals surface area contributed by atoms with Gasteiger partial charge < -0.3 is 14.6 Å². The van der Waals surface area contributed by atoms with Gasteiger partial charge >= 0.3 is 5.97 Å². The lowest BCUT2D eigenvalue weighted by Crippen LogP contribution is -2.13. The molecule has 5 nitrogen and oxygen atoms in total. The highest BCUT2D eigenvalue weighted by Gasteiger charge is 2.16. The number of halogens is 1. The summed E-state index contributed by atoms with van der Waals surface area (Å²) >= 11 is 3.37. The number of carboxylic acid groups (broad SMARTS) is 1. The minimum Gasteiger partial charge on any atom is -0.490 e. The quantitative estimate of drug-likeness (QED) is 0.757. The minimum atomic E-state index is -1.03. The van der Waals surface area contributed by atoms with Gasteiger partial charge in [-0.05, 0) is 53.0 Å². The first-order valence-corrected chi connectivity index (χ1v) is 7.24. The van der Waals surface area contributed by atoms with Crippen molar-refractivity contribution in [2.75, 3.05) is 6.61 Å². The lowest BCUT2D eigenvalue weighted by Gasteiger charge is -2.17. The number of nitriles is 1. The number of rotatable bonds is 7. The van der Waals surface area contributed by atoms with Crippen molar-refractivity contribution < 1.29 is 19.4 Å². The Hall–Kier alpha value is -2.00. The first-order valence-electron chi connectivity index (χ1n) is 6.45. The van der Waals surface area contributed by atoms with Crippen molar-refractivity contribution in [1.82, 2.24) is 0 Å². The molecule has 1 N–H and O–H groups in total. The standard InChI is InChI=1S/C15H16BrNO4/c1-3-11(9-17)21-15-12(16)7-10(5-6-14(18)19)8-13(15)20-4-2/h5-8,11H,3-4H2,1-2H3,(H,18,19). The molecule has 0 aliphatic rings. The van der Waals surface area contributed by atoms with Crippen LogP contribution in [0.4, 0.5) is 0 Å². The van der Waals surface area contributed by atoms with Crippen LogP contribution in [0.3, 0.4) is 0 Å². The summed E-state index contributed by atoms with van der Waals surface area (Å²) in [7, 11) is 0. The molecule has 0 bridgehead atoms. The summed E-state index contributed by atoms with van der Waals surface area (Å²) in [5.41, 5.74) is 0.657. The van der Waals surface area contributed by atoms with Crippen molar-refractivity contribution in [2.45, 2.75) is 26.4 Å². The average molecular weight is 354 g/mol. The number of aliphatic carboxylic acids is 1. The van der Waals surface area contributed by atoms with Crippen LogP contribution in [-0.4, -0.2) is 23.8 Å². The number of nitrogens with zero attached hydrogens (tertiary/aromatic N) is 1. The molecule has 1 aromatic carbocycles. The van der Waals surface area contributed by atoms with Gasteiger partial charge in [-0.2, -0.15) is 5.26 Å². The first kappa shape index (κ1) is 17.1. The summed E-state index contributed by atoms with van der Waals surface area (Å²) < 4.78 is 11.7. The summed E-state index contributed by atoms with van der Waals surface area (Å²) in [4.78, 5) is 10.6. The van der Waals surface area contributed by atoms with E-state index in [0.717, 1.165) is 6.08 Å². The fourth-order valence-corrected chi connectivity index (χ4v) is 2.13. The van der Waals surface area contributed by atoms with E-state index in [1.807, 2.05) is 13.8 Å². The molecule has 21 heavy (non-hydrogen) atoms. The van der Waals surface area contributed by atoms with E-state index in [9.17, 15) is 4.79 Å². The predicted molar refractivity (Wildman–Crippen MR) is 82.3 cm³/mol. The van der Waals surface area contributed by atoms with E-state index >= 15 is 0 Å². The number of ether oxygens (including phenoxy) is 2. The van der Waals surface area contributed by atoms with Crippen LogP contribution in [0.25, 0.3) is 6.08 Å². The molecule has 1 unspecified atom stereocenters. The smallest absolute Gasteiger partial charge is 0.328 e. The van der Waals surface area contributed by atoms with Gasteiger partial charge in [-0.3, -0.25) is 0 Å². The van der Waals surface area contributed by atoms with Gasteiger partial charge in [0.2, 0.25) is 0 Å². The number of benzene rings is 1. The minimum absolute atomic E-state index is 0.429. The molecule has 112 valence electrons. The van der Waals surface area contributed by atoms with Crippen molar-refractivity contribution in [1.29, 1.82) is 5.26 Å². The van der Waals surface area contributed by atoms with Gasteiger partial charge in [0.1, 0.15) is 6.07 Å². The number of carboxylic acids is 1. The highest BCUT2D eigenvalue weighted by molar-refractivity contribution is 9.10. The second-order valence-corrected chi connectivity index (χ2v) is 4.93. The van der Waals surface area contributed by atoms with Crippen LogP contribution in [0.1, 0.15) is 25.8 Å². The van der Waals surface area contributed by atoms with Gasteiger partial charge in [-0.25, -0.2) is 4.79 Å². The molecule has 0 aliphatic heterocycles. The second kappa shape index (κ2) is 8.32. The van der Waals surface area contributed by atoms with E-state index in [1.54, 1.807) is 12.1 Å². The van der Waals surface area contributed by atoms with Gasteiger partial charge in [0.05, 0.1) is 11.1 Å². The molecule has 0 aromatic heterocycles. The largest absolute Gasteiger partial charge is 0.490 e. The van der Waals surface area contributed by atoms with Crippen molar-refractivity contribution >= 4 is 28.0 Å². The third kappa shape index (κ3) is 5.12. The Balaban J connectivity index is 3.18. The molecule has 0 fully saturated rings. The molecule has 0 saturated carbocycles. The van der Waals surface area contributed by atoms with Crippen molar-refractivity contribution in [2.24, 2.45) is 0 Å². The number of hydrogen-bond donors (Lipinski definition) is 1. The highest BCUT2D eigenvalue weighted by atomic mass is 79.9. The Morgan fingerprint density at radius 2 is 2.24 bits per heavy atom. The molecule has 0 spiro atoms. The number of carbonyl (C=O) groups is 1. The van der Waals surface area contributed by atoms with Crippen LogP contribution in [0.5, 0.6) is 11.5 Å². The molecule has 1 rings (SSSR count). The van der Waals surface area contributed by atoms with E-state index in [2.05, 4.69) is 22.0 Å². The highest BCUT2D eigenvalue weighted by Crippen LogP contribution is 2.38. The molecule has 0 radical (unpaired) electrons. The van der Waals surface area contributed by atoms with Crippen LogP contribution in [0.2, 0.25) is 0 Å². The molecular weight excluding hydrogens is 338 g/mol. The van der Waals surface area contributed by atoms with Crippen LogP contribution in [-0.2, 0) is 4.79 Å². The molecule has 0 saturated heterocycles. The van der Waals surface area contributed by atoms with Crippen LogP contribution < -0.4 is 9.47 Å². The fourth-order valence-electron chi connectivity index (χ4n) is 1.57. The summed E-state index contributed by atoms with van der Waals surface area (Å²) in [6.45, 7) is 4.11. The second-order valence-electron chi connectivity index (χ2n) is 4.08. The normalized spacial score (nSPS) is 11.9. The fraction of sp³-hybridized carbons (Fsp3) is 0.333. The Kier molecular flexibility index (Phi) is 6.76. The molecule has 0 amide bonds. The third-order valence-electron chi connectivity index (χ3n) is 2.52. The van der Waals surface area contributed by atoms with Crippen LogP contribution in [0.15, 0.2) is 22.7 Å². The predicted octanol–water partition coefficient (Wildman–Crippen LogP) is 3.63. The van der Waals surface area contributed by atoms with Gasteiger partial charge in [0.25, 0.3) is 0 Å². The Morgan fingerprint density at radius 3 is 2.76 bits per heavy atom. The molecule has 1 atom stereocenters. The average Bonchev–Trinajstić information content (AvgIpc) is 2.45. The summed E-state index contributed by atoms with van der Waals surface area (Å²) in [5, 5.41) is 17.7. The molecule has 0 aliphatic carbocycles. The van der Waals surface area contributed by atoms with E-state index < -0.39 is 12.1 Å². The third-order valence-corrected chi connectivity index (χ3v) is 3.11. The SMILES string of the molecule is CCOc1cc(C=CC(=O)O)cc(Br)c1OC(C#N)CC. The van der Waals surface area contributed by atoms with Crippen molar-refractivity contribution in [3.63, 3.8) is 0 Å². The zero-order valence-corrected chi connectivity index (χ0v) is 13.4. The zero-order chi connectivity index (χ0) is 15.8. The molecule has 6 heteroatoms. The lowest BCUT2D eigenvalue weighted by molar-refractivity contribution is -0.131. The van der Waals surface area contributed by atoms with E-state index in [4.69, 9.17) is 19.8 Å². The summed E-state index contributed by atoms with van der Waals surface area (Å²) in [6, 6.07) is 5.44. The summed E-state index contributed by atoms with van der Waals surface area (Å²) in [5.74, 6) is -0.122. The van der Waals surface area contributed by atoms with E-state index in [0.29, 0.717) is 34.6 Å². The van der Waals surface area contributed by atoms with Crippen LogP contribution in [0, 0.1) is 11.3 Å². The number of hydrogen-bond acceptors (Lipinski definition) is 4. The van der Waals surface area contributed by atoms with Gasteiger partial charge in [-0.15, -0.1) is 0 Å². The van der Waals surface area contributed by atoms with Gasteiger partial charge in [0, 0.05) is 6.08 Å². The summed E-state index contributed by atoms with van der Waals surface area (Å²) in [6.07, 6.45) is 2.49.